The van der Waals surface area contributed by atoms with Gasteiger partial charge in [-0.25, -0.2) is 4.39 Å². The van der Waals surface area contributed by atoms with E-state index in [-0.39, 0.29) is 11.6 Å². The second-order valence-electron chi connectivity index (χ2n) is 5.15. The molecule has 1 N–H and O–H groups in total. The minimum Gasteiger partial charge on any atom is -0.307 e. The van der Waals surface area contributed by atoms with Gasteiger partial charge in [-0.3, -0.25) is 4.79 Å². The average molecular weight is 249 g/mol. The minimum atomic E-state index is -0.243. The Morgan fingerprint density at radius 1 is 1.39 bits per heavy atom. The fraction of sp³-hybridized carbons (Fsp3) is 0.533. The summed E-state index contributed by atoms with van der Waals surface area (Å²) in [6.45, 7) is 2.28. The lowest BCUT2D eigenvalue weighted by Gasteiger charge is -2.11. The van der Waals surface area contributed by atoms with Crippen LogP contribution in [0.25, 0.3) is 0 Å². The Balaban J connectivity index is 1.82. The maximum Gasteiger partial charge on any atom is 0.150 e. The summed E-state index contributed by atoms with van der Waals surface area (Å²) < 4.78 is 12.9. The predicted octanol–water partition coefficient (Wildman–Crippen LogP) is 2.78. The molecule has 0 atom stereocenters. The van der Waals surface area contributed by atoms with Gasteiger partial charge in [0.1, 0.15) is 5.82 Å². The highest BCUT2D eigenvalue weighted by molar-refractivity contribution is 5.83. The van der Waals surface area contributed by atoms with Crippen LogP contribution in [-0.4, -0.2) is 18.4 Å². The fourth-order valence-corrected chi connectivity index (χ4v) is 2.52. The SMILES string of the molecule is Cc1cc(F)ccc1CC(=O)CNC1CCCC1. The molecule has 98 valence electrons. The van der Waals surface area contributed by atoms with Gasteiger partial charge < -0.3 is 5.32 Å². The quantitative estimate of drug-likeness (QED) is 0.869. The molecule has 0 amide bonds. The zero-order valence-corrected chi connectivity index (χ0v) is 10.8. The molecule has 2 nitrogen and oxygen atoms in total. The van der Waals surface area contributed by atoms with Crippen molar-refractivity contribution in [3.8, 4) is 0 Å². The highest BCUT2D eigenvalue weighted by atomic mass is 19.1. The first-order valence-electron chi connectivity index (χ1n) is 6.65. The van der Waals surface area contributed by atoms with Crippen LogP contribution < -0.4 is 5.32 Å². The van der Waals surface area contributed by atoms with Gasteiger partial charge in [0, 0.05) is 12.5 Å². The van der Waals surface area contributed by atoms with Crippen LogP contribution in [0.3, 0.4) is 0 Å². The van der Waals surface area contributed by atoms with Gasteiger partial charge in [-0.15, -0.1) is 0 Å². The second kappa shape index (κ2) is 6.10. The monoisotopic (exact) mass is 249 g/mol. The first kappa shape index (κ1) is 13.2. The Morgan fingerprint density at radius 2 is 2.11 bits per heavy atom. The van der Waals surface area contributed by atoms with E-state index in [9.17, 15) is 9.18 Å². The molecule has 3 heteroatoms. The third kappa shape index (κ3) is 3.64. The number of nitrogens with one attached hydrogen (secondary N) is 1. The molecule has 1 aromatic carbocycles. The fourth-order valence-electron chi connectivity index (χ4n) is 2.52. The van der Waals surface area contributed by atoms with Crippen LogP contribution in [0, 0.1) is 12.7 Å². The van der Waals surface area contributed by atoms with Crippen molar-refractivity contribution in [3.63, 3.8) is 0 Å². The molecule has 0 radical (unpaired) electrons. The number of hydrogen-bond donors (Lipinski definition) is 1. The molecule has 1 aliphatic carbocycles. The van der Waals surface area contributed by atoms with Gasteiger partial charge >= 0.3 is 0 Å². The summed E-state index contributed by atoms with van der Waals surface area (Å²) in [5, 5.41) is 3.31. The van der Waals surface area contributed by atoms with Gasteiger partial charge in [0.2, 0.25) is 0 Å². The summed E-state index contributed by atoms with van der Waals surface area (Å²) in [5.41, 5.74) is 1.78. The Morgan fingerprint density at radius 3 is 2.78 bits per heavy atom. The maximum absolute atomic E-state index is 12.9. The molecular formula is C15H20FNO. The normalized spacial score (nSPS) is 16.1. The van der Waals surface area contributed by atoms with E-state index in [0.717, 1.165) is 11.1 Å². The van der Waals surface area contributed by atoms with Crippen LogP contribution >= 0.6 is 0 Å². The zero-order chi connectivity index (χ0) is 13.0. The molecule has 0 heterocycles. The molecule has 0 unspecified atom stereocenters. The molecule has 0 aromatic heterocycles. The summed E-state index contributed by atoms with van der Waals surface area (Å²) in [6.07, 6.45) is 5.30. The van der Waals surface area contributed by atoms with E-state index < -0.39 is 0 Å². The maximum atomic E-state index is 12.9. The standard InChI is InChI=1S/C15H20FNO/c1-11-8-13(16)7-6-12(11)9-15(18)10-17-14-4-2-3-5-14/h6-8,14,17H,2-5,9-10H2,1H3. The van der Waals surface area contributed by atoms with Crippen molar-refractivity contribution in [1.82, 2.24) is 5.32 Å². The number of carbonyl (C=O) groups is 1. The van der Waals surface area contributed by atoms with E-state index in [2.05, 4.69) is 5.32 Å². The van der Waals surface area contributed by atoms with E-state index in [0.29, 0.717) is 19.0 Å². The van der Waals surface area contributed by atoms with Crippen LogP contribution in [0.1, 0.15) is 36.8 Å². The first-order valence-corrected chi connectivity index (χ1v) is 6.65. The third-order valence-corrected chi connectivity index (χ3v) is 3.64. The molecule has 1 fully saturated rings. The Bertz CT molecular complexity index is 425. The first-order chi connectivity index (χ1) is 8.65. The number of benzene rings is 1. The minimum absolute atomic E-state index is 0.177. The van der Waals surface area contributed by atoms with E-state index in [4.69, 9.17) is 0 Å². The number of hydrogen-bond acceptors (Lipinski definition) is 2. The Hall–Kier alpha value is -1.22. The topological polar surface area (TPSA) is 29.1 Å². The number of carbonyl (C=O) groups excluding carboxylic acids is 1. The van der Waals surface area contributed by atoms with E-state index in [1.807, 2.05) is 6.92 Å². The van der Waals surface area contributed by atoms with Crippen LogP contribution in [0.2, 0.25) is 0 Å². The van der Waals surface area contributed by atoms with Gasteiger partial charge in [0.25, 0.3) is 0 Å². The molecule has 18 heavy (non-hydrogen) atoms. The lowest BCUT2D eigenvalue weighted by Crippen LogP contribution is -2.32. The summed E-state index contributed by atoms with van der Waals surface area (Å²) >= 11 is 0. The van der Waals surface area contributed by atoms with Crippen molar-refractivity contribution in [2.24, 2.45) is 0 Å². The van der Waals surface area contributed by atoms with E-state index in [1.165, 1.54) is 37.8 Å². The largest absolute Gasteiger partial charge is 0.307 e. The number of halogens is 1. The summed E-state index contributed by atoms with van der Waals surface area (Å²) in [6, 6.07) is 5.12. The smallest absolute Gasteiger partial charge is 0.150 e. The molecular weight excluding hydrogens is 229 g/mol. The molecule has 1 saturated carbocycles. The molecule has 2 rings (SSSR count). The summed E-state index contributed by atoms with van der Waals surface area (Å²) in [4.78, 5) is 11.9. The zero-order valence-electron chi connectivity index (χ0n) is 10.8. The van der Waals surface area contributed by atoms with Gasteiger partial charge in [0.15, 0.2) is 5.78 Å². The van der Waals surface area contributed by atoms with Crippen LogP contribution in [0.15, 0.2) is 18.2 Å². The molecule has 0 aliphatic heterocycles. The molecule has 0 spiro atoms. The van der Waals surface area contributed by atoms with Crippen LogP contribution in [0.5, 0.6) is 0 Å². The van der Waals surface area contributed by atoms with Crippen molar-refractivity contribution in [3.05, 3.63) is 35.1 Å². The lowest BCUT2D eigenvalue weighted by molar-refractivity contribution is -0.117. The van der Waals surface area contributed by atoms with Crippen molar-refractivity contribution in [2.45, 2.75) is 45.1 Å². The number of Topliss-reactive ketones (excluding diaryl/α,β-unsaturated/α-hetero) is 1. The van der Waals surface area contributed by atoms with Gasteiger partial charge in [-0.1, -0.05) is 18.9 Å². The number of rotatable bonds is 5. The molecule has 1 aliphatic rings. The number of aryl methyl sites for hydroxylation is 1. The average Bonchev–Trinajstić information content (AvgIpc) is 2.83. The van der Waals surface area contributed by atoms with Crippen molar-refractivity contribution < 1.29 is 9.18 Å². The van der Waals surface area contributed by atoms with Crippen molar-refractivity contribution in [1.29, 1.82) is 0 Å². The molecule has 1 aromatic rings. The summed E-state index contributed by atoms with van der Waals surface area (Å²) in [7, 11) is 0. The third-order valence-electron chi connectivity index (χ3n) is 3.64. The van der Waals surface area contributed by atoms with Gasteiger partial charge in [0.05, 0.1) is 6.54 Å². The Labute approximate surface area is 108 Å². The second-order valence-corrected chi connectivity index (χ2v) is 5.15. The predicted molar refractivity (Wildman–Crippen MR) is 70.1 cm³/mol. The van der Waals surface area contributed by atoms with Gasteiger partial charge in [-0.05, 0) is 43.0 Å². The van der Waals surface area contributed by atoms with Crippen LogP contribution in [0.4, 0.5) is 4.39 Å². The summed E-state index contributed by atoms with van der Waals surface area (Å²) in [5.74, 6) is -0.0654. The van der Waals surface area contributed by atoms with E-state index in [1.54, 1.807) is 6.07 Å². The van der Waals surface area contributed by atoms with Gasteiger partial charge in [-0.2, -0.15) is 0 Å². The highest BCUT2D eigenvalue weighted by Crippen LogP contribution is 2.17. The van der Waals surface area contributed by atoms with E-state index >= 15 is 0 Å². The lowest BCUT2D eigenvalue weighted by atomic mass is 10.0. The molecule has 0 saturated heterocycles. The Kier molecular flexibility index (Phi) is 4.48. The van der Waals surface area contributed by atoms with Crippen LogP contribution in [-0.2, 0) is 11.2 Å². The number of ketones is 1. The van der Waals surface area contributed by atoms with Crippen molar-refractivity contribution >= 4 is 5.78 Å². The molecule has 0 bridgehead atoms. The van der Waals surface area contributed by atoms with Crippen molar-refractivity contribution in [2.75, 3.05) is 6.54 Å². The highest BCUT2D eigenvalue weighted by Gasteiger charge is 2.15.